The second-order valence-corrected chi connectivity index (χ2v) is 5.44. The van der Waals surface area contributed by atoms with Gasteiger partial charge in [0, 0.05) is 12.5 Å². The number of carbonyl (C=O) groups is 1. The number of hydrogen-bond donors (Lipinski definition) is 1. The Kier molecular flexibility index (Phi) is 4.46. The van der Waals surface area contributed by atoms with Gasteiger partial charge in [-0.3, -0.25) is 4.79 Å². The van der Waals surface area contributed by atoms with Crippen molar-refractivity contribution in [2.45, 2.75) is 33.2 Å². The summed E-state index contributed by atoms with van der Waals surface area (Å²) in [6.45, 7) is 5.90. The van der Waals surface area contributed by atoms with E-state index in [-0.39, 0.29) is 29.2 Å². The lowest BCUT2D eigenvalue weighted by Gasteiger charge is -2.26. The van der Waals surface area contributed by atoms with Crippen LogP contribution in [0.5, 0.6) is 5.75 Å². The van der Waals surface area contributed by atoms with Gasteiger partial charge in [-0.1, -0.05) is 20.8 Å². The van der Waals surface area contributed by atoms with Gasteiger partial charge in [-0.05, 0) is 23.6 Å². The third-order valence-corrected chi connectivity index (χ3v) is 2.98. The number of nitrogens with two attached hydrogens (primary N) is 1. The molecule has 2 N–H and O–H groups in total. The fourth-order valence-corrected chi connectivity index (χ4v) is 1.51. The van der Waals surface area contributed by atoms with E-state index in [1.807, 2.05) is 20.8 Å². The standard InChI is InChI=1S/C14H20FNO2/c1-14(2,3)13(16)8-11(17)10-7-9(15)5-6-12(10)18-4/h5-7,13H,8,16H2,1-4H3. The van der Waals surface area contributed by atoms with E-state index in [0.29, 0.717) is 5.75 Å². The second kappa shape index (κ2) is 5.48. The zero-order chi connectivity index (χ0) is 13.9. The van der Waals surface area contributed by atoms with E-state index < -0.39 is 5.82 Å². The molecule has 1 aromatic carbocycles. The maximum Gasteiger partial charge on any atom is 0.168 e. The van der Waals surface area contributed by atoms with Crippen LogP contribution in [-0.2, 0) is 0 Å². The van der Waals surface area contributed by atoms with Crippen LogP contribution >= 0.6 is 0 Å². The molecule has 0 heterocycles. The van der Waals surface area contributed by atoms with Gasteiger partial charge in [-0.2, -0.15) is 0 Å². The minimum Gasteiger partial charge on any atom is -0.496 e. The van der Waals surface area contributed by atoms with Crippen LogP contribution in [0.15, 0.2) is 18.2 Å². The largest absolute Gasteiger partial charge is 0.496 e. The van der Waals surface area contributed by atoms with Crippen molar-refractivity contribution in [3.05, 3.63) is 29.6 Å². The number of hydrogen-bond acceptors (Lipinski definition) is 3. The van der Waals surface area contributed by atoms with Crippen molar-refractivity contribution in [3.63, 3.8) is 0 Å². The van der Waals surface area contributed by atoms with E-state index in [9.17, 15) is 9.18 Å². The maximum absolute atomic E-state index is 13.2. The van der Waals surface area contributed by atoms with Crippen molar-refractivity contribution in [2.24, 2.45) is 11.1 Å². The average Bonchev–Trinajstić information content (AvgIpc) is 2.27. The Bertz CT molecular complexity index is 438. The highest BCUT2D eigenvalue weighted by molar-refractivity contribution is 5.99. The lowest BCUT2D eigenvalue weighted by atomic mass is 9.83. The summed E-state index contributed by atoms with van der Waals surface area (Å²) in [5, 5.41) is 0. The van der Waals surface area contributed by atoms with Gasteiger partial charge in [0.1, 0.15) is 11.6 Å². The summed E-state index contributed by atoms with van der Waals surface area (Å²) in [5.41, 5.74) is 6.04. The number of halogens is 1. The summed E-state index contributed by atoms with van der Waals surface area (Å²) in [4.78, 5) is 12.1. The summed E-state index contributed by atoms with van der Waals surface area (Å²) in [5.74, 6) is -0.278. The van der Waals surface area contributed by atoms with E-state index in [2.05, 4.69) is 0 Å². The van der Waals surface area contributed by atoms with Crippen molar-refractivity contribution < 1.29 is 13.9 Å². The molecule has 0 bridgehead atoms. The minimum atomic E-state index is -0.455. The predicted molar refractivity (Wildman–Crippen MR) is 69.3 cm³/mol. The van der Waals surface area contributed by atoms with E-state index in [0.717, 1.165) is 0 Å². The third kappa shape index (κ3) is 3.53. The molecule has 0 saturated carbocycles. The quantitative estimate of drug-likeness (QED) is 0.839. The molecule has 100 valence electrons. The van der Waals surface area contributed by atoms with Crippen LogP contribution < -0.4 is 10.5 Å². The summed E-state index contributed by atoms with van der Waals surface area (Å²) in [6, 6.07) is 3.62. The first-order valence-electron chi connectivity index (χ1n) is 5.88. The monoisotopic (exact) mass is 253 g/mol. The lowest BCUT2D eigenvalue weighted by molar-refractivity contribution is 0.0950. The Morgan fingerprint density at radius 2 is 2.06 bits per heavy atom. The van der Waals surface area contributed by atoms with Crippen LogP contribution in [0.3, 0.4) is 0 Å². The predicted octanol–water partition coefficient (Wildman–Crippen LogP) is 2.78. The number of rotatable bonds is 4. The molecule has 1 aromatic rings. The van der Waals surface area contributed by atoms with Crippen LogP contribution in [0.4, 0.5) is 4.39 Å². The Morgan fingerprint density at radius 3 is 2.56 bits per heavy atom. The zero-order valence-corrected chi connectivity index (χ0v) is 11.3. The van der Waals surface area contributed by atoms with Gasteiger partial charge < -0.3 is 10.5 Å². The number of ether oxygens (including phenoxy) is 1. The first kappa shape index (κ1) is 14.6. The molecule has 0 radical (unpaired) electrons. The average molecular weight is 253 g/mol. The van der Waals surface area contributed by atoms with Gasteiger partial charge in [-0.25, -0.2) is 4.39 Å². The molecule has 0 saturated heterocycles. The van der Waals surface area contributed by atoms with Crippen molar-refractivity contribution in [3.8, 4) is 5.75 Å². The molecule has 3 nitrogen and oxygen atoms in total. The zero-order valence-electron chi connectivity index (χ0n) is 11.3. The summed E-state index contributed by atoms with van der Waals surface area (Å²) in [7, 11) is 1.45. The Morgan fingerprint density at radius 1 is 1.44 bits per heavy atom. The van der Waals surface area contributed by atoms with E-state index >= 15 is 0 Å². The van der Waals surface area contributed by atoms with Crippen LogP contribution in [0.2, 0.25) is 0 Å². The molecule has 1 rings (SSSR count). The summed E-state index contributed by atoms with van der Waals surface area (Å²) >= 11 is 0. The van der Waals surface area contributed by atoms with Crippen LogP contribution in [-0.4, -0.2) is 18.9 Å². The SMILES string of the molecule is COc1ccc(F)cc1C(=O)CC(N)C(C)(C)C. The first-order chi connectivity index (χ1) is 8.25. The Hall–Kier alpha value is -1.42. The van der Waals surface area contributed by atoms with Gasteiger partial charge in [-0.15, -0.1) is 0 Å². The highest BCUT2D eigenvalue weighted by atomic mass is 19.1. The fourth-order valence-electron chi connectivity index (χ4n) is 1.51. The fraction of sp³-hybridized carbons (Fsp3) is 0.500. The Labute approximate surface area is 107 Å². The topological polar surface area (TPSA) is 52.3 Å². The van der Waals surface area contributed by atoms with Gasteiger partial charge in [0.25, 0.3) is 0 Å². The molecule has 0 aliphatic heterocycles. The molecule has 1 unspecified atom stereocenters. The molecule has 4 heteroatoms. The van der Waals surface area contributed by atoms with Gasteiger partial charge in [0.2, 0.25) is 0 Å². The summed E-state index contributed by atoms with van der Waals surface area (Å²) < 4.78 is 18.2. The van der Waals surface area contributed by atoms with Crippen molar-refractivity contribution in [1.29, 1.82) is 0 Å². The molecule has 0 fully saturated rings. The lowest BCUT2D eigenvalue weighted by Crippen LogP contribution is -2.37. The number of ketones is 1. The highest BCUT2D eigenvalue weighted by Crippen LogP contribution is 2.25. The number of carbonyl (C=O) groups excluding carboxylic acids is 1. The molecule has 1 atom stereocenters. The van der Waals surface area contributed by atoms with Gasteiger partial charge >= 0.3 is 0 Å². The smallest absolute Gasteiger partial charge is 0.168 e. The Balaban J connectivity index is 2.94. The molecule has 0 amide bonds. The molecular formula is C14H20FNO2. The summed E-state index contributed by atoms with van der Waals surface area (Å²) in [6.07, 6.45) is 0.170. The van der Waals surface area contributed by atoms with E-state index in [1.165, 1.54) is 25.3 Å². The highest BCUT2D eigenvalue weighted by Gasteiger charge is 2.25. The van der Waals surface area contributed by atoms with Crippen molar-refractivity contribution in [2.75, 3.05) is 7.11 Å². The first-order valence-corrected chi connectivity index (χ1v) is 5.88. The van der Waals surface area contributed by atoms with Crippen LogP contribution in [0.25, 0.3) is 0 Å². The molecule has 0 aromatic heterocycles. The van der Waals surface area contributed by atoms with Crippen molar-refractivity contribution in [1.82, 2.24) is 0 Å². The molecule has 18 heavy (non-hydrogen) atoms. The van der Waals surface area contributed by atoms with Crippen molar-refractivity contribution >= 4 is 5.78 Å². The second-order valence-electron chi connectivity index (χ2n) is 5.44. The number of methoxy groups -OCH3 is 1. The minimum absolute atomic E-state index is 0.170. The van der Waals surface area contributed by atoms with E-state index in [1.54, 1.807) is 0 Å². The molecule has 0 aliphatic rings. The van der Waals surface area contributed by atoms with Crippen LogP contribution in [0, 0.1) is 11.2 Å². The maximum atomic E-state index is 13.2. The molecule has 0 spiro atoms. The van der Waals surface area contributed by atoms with Gasteiger partial charge in [0.05, 0.1) is 12.7 Å². The molecular weight excluding hydrogens is 233 g/mol. The number of Topliss-reactive ketones (excluding diaryl/α,β-unsaturated/α-hetero) is 1. The van der Waals surface area contributed by atoms with E-state index in [4.69, 9.17) is 10.5 Å². The molecule has 0 aliphatic carbocycles. The van der Waals surface area contributed by atoms with Gasteiger partial charge in [0.15, 0.2) is 5.78 Å². The third-order valence-electron chi connectivity index (χ3n) is 2.98. The normalized spacial score (nSPS) is 13.2. The number of benzene rings is 1. The van der Waals surface area contributed by atoms with Crippen LogP contribution in [0.1, 0.15) is 37.6 Å².